The minimum atomic E-state index is -1.33. The van der Waals surface area contributed by atoms with Gasteiger partial charge in [-0.05, 0) is 37.6 Å². The average Bonchev–Trinajstić information content (AvgIpc) is 3.14. The molecule has 5 rings (SSSR count). The van der Waals surface area contributed by atoms with Gasteiger partial charge in [-0.15, -0.1) is 0 Å². The zero-order valence-electron chi connectivity index (χ0n) is 17.3. The molecule has 3 aliphatic rings. The van der Waals surface area contributed by atoms with Gasteiger partial charge in [0.1, 0.15) is 11.6 Å². The fourth-order valence-electron chi connectivity index (χ4n) is 4.19. The number of nitrogens with one attached hydrogen (secondary N) is 1. The summed E-state index contributed by atoms with van der Waals surface area (Å²) in [5.41, 5.74) is 5.38. The highest BCUT2D eigenvalue weighted by Crippen LogP contribution is 2.42. The largest absolute Gasteiger partial charge is 0.366 e. The monoisotopic (exact) mass is 407 g/mol. The van der Waals surface area contributed by atoms with E-state index < -0.39 is 5.79 Å². The van der Waals surface area contributed by atoms with Crippen LogP contribution in [-0.4, -0.2) is 53.5 Å². The van der Waals surface area contributed by atoms with Gasteiger partial charge in [-0.3, -0.25) is 0 Å². The van der Waals surface area contributed by atoms with Crippen molar-refractivity contribution in [3.8, 4) is 0 Å². The first kappa shape index (κ1) is 18.9. The van der Waals surface area contributed by atoms with Crippen molar-refractivity contribution in [2.75, 3.05) is 41.4 Å². The fourth-order valence-corrected chi connectivity index (χ4v) is 4.19. The molecule has 8 heteroatoms. The molecule has 2 bridgehead atoms. The molecular weight excluding hydrogens is 381 g/mol. The van der Waals surface area contributed by atoms with Crippen LogP contribution in [0.3, 0.4) is 0 Å². The van der Waals surface area contributed by atoms with Gasteiger partial charge in [0.25, 0.3) is 0 Å². The zero-order chi connectivity index (χ0) is 21.0. The SMILES string of the molecule is C=C(NN1C[C@]1(C)F)c1ccc2c(n1)N(C(=C)N(C)c1ccccn1)[C@H]1CCN2C1. The summed E-state index contributed by atoms with van der Waals surface area (Å²) in [4.78, 5) is 15.9. The third-order valence-corrected chi connectivity index (χ3v) is 6.10. The van der Waals surface area contributed by atoms with Crippen LogP contribution >= 0.6 is 0 Å². The first-order valence-corrected chi connectivity index (χ1v) is 10.2. The number of pyridine rings is 2. The third-order valence-electron chi connectivity index (χ3n) is 6.10. The zero-order valence-corrected chi connectivity index (χ0v) is 17.3. The second-order valence-electron chi connectivity index (χ2n) is 8.28. The van der Waals surface area contributed by atoms with Crippen LogP contribution in [0, 0.1) is 0 Å². The molecule has 2 fully saturated rings. The minimum absolute atomic E-state index is 0.293. The topological polar surface area (TPSA) is 50.5 Å². The number of aromatic nitrogens is 2. The van der Waals surface area contributed by atoms with Gasteiger partial charge in [0.15, 0.2) is 11.6 Å². The van der Waals surface area contributed by atoms with Crippen molar-refractivity contribution in [1.29, 1.82) is 0 Å². The molecule has 0 aromatic carbocycles. The van der Waals surface area contributed by atoms with Crippen molar-refractivity contribution in [2.24, 2.45) is 0 Å². The maximum Gasteiger partial charge on any atom is 0.192 e. The third kappa shape index (κ3) is 3.08. The lowest BCUT2D eigenvalue weighted by atomic mass is 10.1. The number of hydrazine groups is 1. The van der Waals surface area contributed by atoms with Crippen LogP contribution in [0.2, 0.25) is 0 Å². The molecule has 0 saturated carbocycles. The molecule has 7 nitrogen and oxygen atoms in total. The van der Waals surface area contributed by atoms with Crippen molar-refractivity contribution in [3.05, 3.63) is 61.2 Å². The van der Waals surface area contributed by atoms with Crippen LogP contribution in [0.1, 0.15) is 19.0 Å². The fraction of sp³-hybridized carbons (Fsp3) is 0.364. The molecule has 1 N–H and O–H groups in total. The lowest BCUT2D eigenvalue weighted by Gasteiger charge is -2.40. The highest BCUT2D eigenvalue weighted by atomic mass is 19.1. The molecule has 2 saturated heterocycles. The summed E-state index contributed by atoms with van der Waals surface area (Å²) in [5, 5.41) is 1.51. The summed E-state index contributed by atoms with van der Waals surface area (Å²) in [5.74, 6) is 1.18. The Morgan fingerprint density at radius 3 is 2.80 bits per heavy atom. The number of hydrogen-bond acceptors (Lipinski definition) is 7. The van der Waals surface area contributed by atoms with Gasteiger partial charge >= 0.3 is 0 Å². The molecule has 3 aliphatic heterocycles. The average molecular weight is 407 g/mol. The van der Waals surface area contributed by atoms with Crippen molar-refractivity contribution in [1.82, 2.24) is 20.4 Å². The summed E-state index contributed by atoms with van der Waals surface area (Å²) in [6.45, 7) is 12.3. The number of nitrogens with zero attached hydrogens (tertiary/aromatic N) is 6. The van der Waals surface area contributed by atoms with E-state index in [1.165, 1.54) is 11.9 Å². The van der Waals surface area contributed by atoms with Gasteiger partial charge in [0.2, 0.25) is 0 Å². The standard InChI is InChI=1S/C22H26FN7/c1-15(26-29-14-22(29,3)23)18-8-9-19-21(25-18)30(17-10-12-28(19)13-17)16(2)27(4)20-7-5-6-11-24-20/h5-9,11,17,26H,1-2,10,12-14H2,3-4H3/t17-,22+,29?/m0/s1. The predicted octanol–water partition coefficient (Wildman–Crippen LogP) is 2.96. The Morgan fingerprint density at radius 1 is 1.30 bits per heavy atom. The second-order valence-corrected chi connectivity index (χ2v) is 8.28. The Balaban J connectivity index is 1.47. The summed E-state index contributed by atoms with van der Waals surface area (Å²) in [6, 6.07) is 10.1. The van der Waals surface area contributed by atoms with E-state index in [1.807, 2.05) is 36.2 Å². The highest BCUT2D eigenvalue weighted by molar-refractivity contribution is 5.77. The Kier molecular flexibility index (Phi) is 4.21. The van der Waals surface area contributed by atoms with Crippen molar-refractivity contribution in [2.45, 2.75) is 25.2 Å². The van der Waals surface area contributed by atoms with E-state index in [-0.39, 0.29) is 0 Å². The molecule has 2 aromatic rings. The van der Waals surface area contributed by atoms with Gasteiger partial charge in [-0.2, -0.15) is 5.01 Å². The molecule has 156 valence electrons. The smallest absolute Gasteiger partial charge is 0.192 e. The van der Waals surface area contributed by atoms with Crippen molar-refractivity contribution in [3.63, 3.8) is 0 Å². The van der Waals surface area contributed by atoms with E-state index >= 15 is 0 Å². The van der Waals surface area contributed by atoms with Crippen LogP contribution in [0.5, 0.6) is 0 Å². The van der Waals surface area contributed by atoms with E-state index in [1.54, 1.807) is 6.20 Å². The quantitative estimate of drug-likeness (QED) is 0.584. The maximum atomic E-state index is 13.9. The van der Waals surface area contributed by atoms with Gasteiger partial charge in [0.05, 0.1) is 29.7 Å². The first-order chi connectivity index (χ1) is 14.3. The van der Waals surface area contributed by atoms with Crippen LogP contribution in [0.15, 0.2) is 55.5 Å². The lowest BCUT2D eigenvalue weighted by Crippen LogP contribution is -2.46. The molecular formula is C22H26FN7. The number of halogens is 1. The van der Waals surface area contributed by atoms with E-state index in [2.05, 4.69) is 39.4 Å². The molecule has 30 heavy (non-hydrogen) atoms. The Labute approximate surface area is 176 Å². The maximum absolute atomic E-state index is 13.9. The number of alkyl halides is 1. The predicted molar refractivity (Wildman–Crippen MR) is 118 cm³/mol. The van der Waals surface area contributed by atoms with Crippen LogP contribution in [0.25, 0.3) is 5.70 Å². The molecule has 0 amide bonds. The molecule has 0 radical (unpaired) electrons. The number of fused-ring (bicyclic) bond motifs is 4. The van der Waals surface area contributed by atoms with Crippen molar-refractivity contribution < 1.29 is 4.39 Å². The Morgan fingerprint density at radius 2 is 2.10 bits per heavy atom. The molecule has 1 unspecified atom stereocenters. The molecule has 0 aliphatic carbocycles. The van der Waals surface area contributed by atoms with Gasteiger partial charge in [0, 0.05) is 26.3 Å². The number of anilines is 3. The molecule has 0 spiro atoms. The van der Waals surface area contributed by atoms with E-state index in [4.69, 9.17) is 4.98 Å². The number of hydrogen-bond donors (Lipinski definition) is 1. The normalized spacial score (nSPS) is 26.2. The minimum Gasteiger partial charge on any atom is -0.366 e. The van der Waals surface area contributed by atoms with E-state index in [0.29, 0.717) is 24.0 Å². The van der Waals surface area contributed by atoms with Crippen LogP contribution < -0.4 is 20.1 Å². The Bertz CT molecular complexity index is 1010. The van der Waals surface area contributed by atoms with E-state index in [0.717, 1.165) is 42.7 Å². The lowest BCUT2D eigenvalue weighted by molar-refractivity contribution is 0.212. The molecule has 3 atom stereocenters. The van der Waals surface area contributed by atoms with Crippen LogP contribution in [0.4, 0.5) is 21.7 Å². The van der Waals surface area contributed by atoms with Crippen LogP contribution in [-0.2, 0) is 0 Å². The van der Waals surface area contributed by atoms with Crippen molar-refractivity contribution >= 4 is 23.0 Å². The van der Waals surface area contributed by atoms with Gasteiger partial charge in [-0.1, -0.05) is 19.2 Å². The Hall–Kier alpha value is -3.13. The van der Waals surface area contributed by atoms with E-state index in [9.17, 15) is 4.39 Å². The summed E-state index contributed by atoms with van der Waals surface area (Å²) in [7, 11) is 1.97. The number of rotatable bonds is 6. The molecule has 5 heterocycles. The summed E-state index contributed by atoms with van der Waals surface area (Å²) in [6.07, 6.45) is 2.81. The highest BCUT2D eigenvalue weighted by Gasteiger charge is 2.49. The first-order valence-electron chi connectivity index (χ1n) is 10.2. The molecule has 2 aromatic heterocycles. The second kappa shape index (κ2) is 6.70. The van der Waals surface area contributed by atoms with Gasteiger partial charge < -0.3 is 20.1 Å². The summed E-state index contributed by atoms with van der Waals surface area (Å²) >= 11 is 0. The summed E-state index contributed by atoms with van der Waals surface area (Å²) < 4.78 is 13.9. The van der Waals surface area contributed by atoms with Gasteiger partial charge in [-0.25, -0.2) is 14.4 Å².